The number of rotatable bonds is 14. The molecule has 0 bridgehead atoms. The molecule has 0 fully saturated rings. The minimum absolute atomic E-state index is 1.32. The molecule has 0 aliphatic rings. The maximum atomic E-state index is 13.9. The molecule has 0 aromatic rings. The third-order valence-electron chi connectivity index (χ3n) is 3.91. The van der Waals surface area contributed by atoms with Gasteiger partial charge in [-0.15, -0.1) is 0 Å². The zero-order chi connectivity index (χ0) is 36.6. The highest BCUT2D eigenvalue weighted by Gasteiger charge is 2.85. The monoisotopic (exact) mass is 814 g/mol. The number of halogens is 15. The molecule has 0 atom stereocenters. The number of nitrogens with one attached hydrogen (secondary N) is 2. The quantitative estimate of drug-likeness (QED) is 0.153. The normalized spacial score (nSPS) is 16.6. The number of hydrogen-bond acceptors (Lipinski definition) is 12. The van der Waals surface area contributed by atoms with Crippen LogP contribution in [-0.4, -0.2) is 98.5 Å². The van der Waals surface area contributed by atoms with Crippen molar-refractivity contribution in [2.75, 3.05) is 5.08 Å². The smallest absolute Gasteiger partial charge is 0.285 e. The Bertz CT molecular complexity index is 1810. The van der Waals surface area contributed by atoms with Gasteiger partial charge in [0.15, 0.2) is 5.08 Å². The largest absolute Gasteiger partial charge is 0.512 e. The van der Waals surface area contributed by atoms with Crippen LogP contribution in [-0.2, 0) is 60.0 Å². The lowest BCUT2D eigenvalue weighted by atomic mass is 10.3. The Morgan fingerprint density at radius 1 is 0.409 bits per heavy atom. The van der Waals surface area contributed by atoms with Crippen molar-refractivity contribution in [1.29, 1.82) is 0 Å². The minimum Gasteiger partial charge on any atom is -0.285 e. The Hall–Kier alpha value is -1.47. The summed E-state index contributed by atoms with van der Waals surface area (Å²) in [6.45, 7) is 0. The summed E-state index contributed by atoms with van der Waals surface area (Å²) in [5, 5.41) is -36.4. The zero-order valence-electron chi connectivity index (χ0n) is 18.7. The van der Waals surface area contributed by atoms with E-state index in [0.717, 1.165) is 0 Å². The summed E-state index contributed by atoms with van der Waals surface area (Å²) >= 11 is 0. The first-order valence-corrected chi connectivity index (χ1v) is 17.6. The van der Waals surface area contributed by atoms with Gasteiger partial charge in [0.1, 0.15) is 0 Å². The molecule has 0 rings (SSSR count). The second kappa shape index (κ2) is 10.8. The lowest BCUT2D eigenvalue weighted by Crippen LogP contribution is -2.67. The number of hydrogen-bond donors (Lipinski definition) is 3. The van der Waals surface area contributed by atoms with Crippen molar-refractivity contribution in [3.05, 3.63) is 0 Å². The summed E-state index contributed by atoms with van der Waals surface area (Å²) in [6.07, 6.45) is 0. The highest BCUT2D eigenvalue weighted by molar-refractivity contribution is 8.07. The van der Waals surface area contributed by atoms with Crippen LogP contribution in [0.15, 0.2) is 0 Å². The van der Waals surface area contributed by atoms with Crippen molar-refractivity contribution in [3.8, 4) is 0 Å². The first-order valence-electron chi connectivity index (χ1n) is 8.43. The third-order valence-corrected chi connectivity index (χ3v) is 14.3. The van der Waals surface area contributed by atoms with Crippen molar-refractivity contribution < 1.29 is 121 Å². The van der Waals surface area contributed by atoms with E-state index in [4.69, 9.17) is 4.55 Å². The van der Waals surface area contributed by atoms with Crippen LogP contribution in [0, 0.1) is 0 Å². The van der Waals surface area contributed by atoms with Crippen LogP contribution in [0.5, 0.6) is 0 Å². The fraction of sp³-hybridized carbons (Fsp3) is 1.00. The SMILES string of the molecule is O=S(=O)(O)CS(=O)(=O)C(F)(F)C(F)(F)C(F)(F)S(=O)(=O)NS(=O)(=O)C(F)(F)C(F)(F)C(F)(F)S(=O)(=O)NS(=O)(=O)C(F)(F)F. The molecule has 0 aliphatic heterocycles. The van der Waals surface area contributed by atoms with Crippen molar-refractivity contribution in [2.24, 2.45) is 0 Å². The summed E-state index contributed by atoms with van der Waals surface area (Å²) in [4.78, 5) is 0. The lowest BCUT2D eigenvalue weighted by Gasteiger charge is -2.33. The molecule has 0 saturated carbocycles. The minimum atomic E-state index is -8.95. The average molecular weight is 815 g/mol. The Balaban J connectivity index is 7.09. The number of sulfonamides is 4. The van der Waals surface area contributed by atoms with Gasteiger partial charge in [-0.1, -0.05) is 8.25 Å². The maximum absolute atomic E-state index is 13.9. The molecule has 0 saturated heterocycles. The first kappa shape index (κ1) is 42.5. The Kier molecular flexibility index (Phi) is 10.4. The van der Waals surface area contributed by atoms with E-state index in [9.17, 15) is 116 Å². The van der Waals surface area contributed by atoms with E-state index in [1.54, 1.807) is 0 Å². The zero-order valence-corrected chi connectivity index (χ0v) is 23.6. The summed E-state index contributed by atoms with van der Waals surface area (Å²) < 4.78 is 339. The topological polar surface area (TPSA) is 249 Å². The lowest BCUT2D eigenvalue weighted by molar-refractivity contribution is -0.245. The molecule has 0 aromatic carbocycles. The molecule has 36 heteroatoms. The molecular formula is C8H5F15N2O13S6. The third kappa shape index (κ3) is 6.66. The molecule has 0 unspecified atom stereocenters. The van der Waals surface area contributed by atoms with E-state index in [-0.39, 0.29) is 0 Å². The van der Waals surface area contributed by atoms with E-state index in [1.807, 2.05) is 0 Å². The van der Waals surface area contributed by atoms with Gasteiger partial charge in [0, 0.05) is 0 Å². The molecule has 15 nitrogen and oxygen atoms in total. The van der Waals surface area contributed by atoms with Gasteiger partial charge >= 0.3 is 48.4 Å². The highest BCUT2D eigenvalue weighted by atomic mass is 32.3. The summed E-state index contributed by atoms with van der Waals surface area (Å²) in [5.41, 5.74) is -7.04. The standard InChI is InChI=1S/C8H5F15N2O13S6/c9-2(10,4(13,14)39(26,27)1-40(28,29)30)5(15,16)41(31,32)24-42(33,34)6(17,18)3(11,12)7(19,20)43(35,36)25-44(37,38)8(21,22)23/h24-25H,1H2,(H,28,29,30). The van der Waals surface area contributed by atoms with E-state index >= 15 is 0 Å². The van der Waals surface area contributed by atoms with Gasteiger partial charge < -0.3 is 0 Å². The van der Waals surface area contributed by atoms with Crippen LogP contribution < -0.4 is 8.25 Å². The van der Waals surface area contributed by atoms with Gasteiger partial charge in [0.2, 0.25) is 9.84 Å². The molecule has 0 amide bonds. The van der Waals surface area contributed by atoms with Gasteiger partial charge in [-0.25, -0.2) is 42.1 Å². The van der Waals surface area contributed by atoms with Crippen LogP contribution in [0.25, 0.3) is 0 Å². The second-order valence-corrected chi connectivity index (χ2v) is 18.4. The Labute approximate surface area is 232 Å². The predicted octanol–water partition coefficient (Wildman–Crippen LogP) is -0.0935. The van der Waals surface area contributed by atoms with E-state index in [0.29, 0.717) is 0 Å². The molecule has 44 heavy (non-hydrogen) atoms. The van der Waals surface area contributed by atoms with Crippen molar-refractivity contribution in [1.82, 2.24) is 8.25 Å². The molecule has 0 radical (unpaired) electrons. The number of alkyl halides is 15. The molecule has 266 valence electrons. The summed E-state index contributed by atoms with van der Waals surface area (Å²) in [5.74, 6) is -16.8. The predicted molar refractivity (Wildman–Crippen MR) is 103 cm³/mol. The average Bonchev–Trinajstić information content (AvgIpc) is 2.68. The summed E-state index contributed by atoms with van der Waals surface area (Å²) in [6, 6.07) is 0. The van der Waals surface area contributed by atoms with Crippen molar-refractivity contribution in [3.63, 3.8) is 0 Å². The molecule has 0 spiro atoms. The molecule has 0 aliphatic carbocycles. The van der Waals surface area contributed by atoms with Gasteiger partial charge in [-0.05, 0) is 0 Å². The second-order valence-electron chi connectivity index (χ2n) is 7.16. The highest BCUT2D eigenvalue weighted by Crippen LogP contribution is 2.53. The fourth-order valence-electron chi connectivity index (χ4n) is 1.80. The van der Waals surface area contributed by atoms with E-state index < -0.39 is 112 Å². The van der Waals surface area contributed by atoms with Gasteiger partial charge in [-0.2, -0.15) is 74.3 Å². The Morgan fingerprint density at radius 2 is 0.636 bits per heavy atom. The number of sulfone groups is 1. The van der Waals surface area contributed by atoms with E-state index in [1.165, 1.54) is 0 Å². The molecule has 0 heterocycles. The Morgan fingerprint density at radius 3 is 0.864 bits per heavy atom. The fourth-order valence-corrected chi connectivity index (χ4v) is 9.95. The van der Waals surface area contributed by atoms with Crippen LogP contribution in [0.4, 0.5) is 65.9 Å². The van der Waals surface area contributed by atoms with Gasteiger partial charge in [0.25, 0.3) is 40.2 Å². The molecule has 0 aromatic heterocycles. The molecule has 3 N–H and O–H groups in total. The van der Waals surface area contributed by atoms with Crippen LogP contribution in [0.2, 0.25) is 0 Å². The van der Waals surface area contributed by atoms with Crippen LogP contribution in [0.3, 0.4) is 0 Å². The van der Waals surface area contributed by atoms with E-state index in [2.05, 4.69) is 0 Å². The van der Waals surface area contributed by atoms with Gasteiger partial charge in [0.05, 0.1) is 0 Å². The summed E-state index contributed by atoms with van der Waals surface area (Å²) in [7, 11) is -48.4. The maximum Gasteiger partial charge on any atom is 0.512 e. The van der Waals surface area contributed by atoms with Gasteiger partial charge in [-0.3, -0.25) is 4.55 Å². The van der Waals surface area contributed by atoms with Crippen LogP contribution >= 0.6 is 0 Å². The first-order chi connectivity index (χ1) is 18.4. The molecular weight excluding hydrogens is 809 g/mol. The van der Waals surface area contributed by atoms with Crippen LogP contribution in [0.1, 0.15) is 0 Å². The van der Waals surface area contributed by atoms with Crippen molar-refractivity contribution in [2.45, 2.75) is 38.4 Å². The van der Waals surface area contributed by atoms with Crippen molar-refractivity contribution >= 4 is 60.0 Å².